The second-order valence-electron chi connectivity index (χ2n) is 7.28. The van der Waals surface area contributed by atoms with Gasteiger partial charge in [-0.15, -0.1) is 0 Å². The van der Waals surface area contributed by atoms with E-state index in [9.17, 15) is 9.59 Å². The zero-order chi connectivity index (χ0) is 21.2. The molecule has 0 bridgehead atoms. The SMILES string of the molecule is CCCNC(=O)C(CC)N(Cc1ccccc1)C(=O)COc1ccc(C)cc1C. The second-order valence-corrected chi connectivity index (χ2v) is 7.28. The Hall–Kier alpha value is -2.82. The predicted octanol–water partition coefficient (Wildman–Crippen LogP) is 4.02. The van der Waals surface area contributed by atoms with E-state index in [1.165, 1.54) is 0 Å². The summed E-state index contributed by atoms with van der Waals surface area (Å²) < 4.78 is 5.80. The van der Waals surface area contributed by atoms with Crippen molar-refractivity contribution in [3.05, 3.63) is 65.2 Å². The van der Waals surface area contributed by atoms with Crippen LogP contribution in [0.5, 0.6) is 5.75 Å². The van der Waals surface area contributed by atoms with Gasteiger partial charge in [-0.2, -0.15) is 0 Å². The number of hydrogen-bond acceptors (Lipinski definition) is 3. The third-order valence-electron chi connectivity index (χ3n) is 4.81. The number of carbonyl (C=O) groups excluding carboxylic acids is 2. The van der Waals surface area contributed by atoms with Gasteiger partial charge in [0.15, 0.2) is 6.61 Å². The van der Waals surface area contributed by atoms with Crippen LogP contribution in [0.1, 0.15) is 43.4 Å². The number of aryl methyl sites for hydroxylation is 2. The molecular formula is C24H32N2O3. The first kappa shape index (κ1) is 22.5. The van der Waals surface area contributed by atoms with Crippen molar-refractivity contribution in [3.8, 4) is 5.75 Å². The van der Waals surface area contributed by atoms with Crippen LogP contribution in [0.2, 0.25) is 0 Å². The monoisotopic (exact) mass is 396 g/mol. The fourth-order valence-corrected chi connectivity index (χ4v) is 3.25. The Morgan fingerprint density at radius 3 is 2.41 bits per heavy atom. The summed E-state index contributed by atoms with van der Waals surface area (Å²) in [5.41, 5.74) is 3.11. The van der Waals surface area contributed by atoms with E-state index < -0.39 is 6.04 Å². The van der Waals surface area contributed by atoms with E-state index >= 15 is 0 Å². The highest BCUT2D eigenvalue weighted by Gasteiger charge is 2.28. The molecule has 0 aliphatic carbocycles. The molecule has 2 rings (SSSR count). The summed E-state index contributed by atoms with van der Waals surface area (Å²) in [6, 6.07) is 15.1. The number of hydrogen-bond donors (Lipinski definition) is 1. The standard InChI is InChI=1S/C24H32N2O3/c1-5-14-25-24(28)21(6-2)26(16-20-10-8-7-9-11-20)23(27)17-29-22-13-12-18(3)15-19(22)4/h7-13,15,21H,5-6,14,16-17H2,1-4H3,(H,25,28). The van der Waals surface area contributed by atoms with Crippen LogP contribution in [0.25, 0.3) is 0 Å². The largest absolute Gasteiger partial charge is 0.483 e. The Kier molecular flexibility index (Phi) is 8.71. The Balaban J connectivity index is 2.17. The lowest BCUT2D eigenvalue weighted by Crippen LogP contribution is -2.50. The van der Waals surface area contributed by atoms with Crippen LogP contribution in [0, 0.1) is 13.8 Å². The van der Waals surface area contributed by atoms with Crippen LogP contribution >= 0.6 is 0 Å². The average molecular weight is 397 g/mol. The van der Waals surface area contributed by atoms with Crippen LogP contribution in [0.15, 0.2) is 48.5 Å². The Morgan fingerprint density at radius 1 is 1.07 bits per heavy atom. The van der Waals surface area contributed by atoms with E-state index in [0.29, 0.717) is 25.3 Å². The molecule has 0 saturated carbocycles. The molecule has 2 aromatic rings. The molecule has 0 aliphatic heterocycles. The molecule has 156 valence electrons. The smallest absolute Gasteiger partial charge is 0.261 e. The summed E-state index contributed by atoms with van der Waals surface area (Å²) in [6.45, 7) is 8.77. The number of nitrogens with zero attached hydrogens (tertiary/aromatic N) is 1. The molecule has 1 unspecified atom stereocenters. The van der Waals surface area contributed by atoms with Gasteiger partial charge in [-0.25, -0.2) is 0 Å². The van der Waals surface area contributed by atoms with Crippen molar-refractivity contribution >= 4 is 11.8 Å². The topological polar surface area (TPSA) is 58.6 Å². The van der Waals surface area contributed by atoms with Gasteiger partial charge in [-0.05, 0) is 43.9 Å². The maximum absolute atomic E-state index is 13.1. The zero-order valence-corrected chi connectivity index (χ0v) is 17.9. The number of carbonyl (C=O) groups is 2. The van der Waals surface area contributed by atoms with E-state index in [4.69, 9.17) is 4.74 Å². The summed E-state index contributed by atoms with van der Waals surface area (Å²) in [5, 5.41) is 2.92. The third-order valence-corrected chi connectivity index (χ3v) is 4.81. The van der Waals surface area contributed by atoms with Crippen molar-refractivity contribution in [3.63, 3.8) is 0 Å². The van der Waals surface area contributed by atoms with Crippen molar-refractivity contribution < 1.29 is 14.3 Å². The third kappa shape index (κ3) is 6.63. The molecule has 29 heavy (non-hydrogen) atoms. The number of rotatable bonds is 10. The summed E-state index contributed by atoms with van der Waals surface area (Å²) in [5.74, 6) is 0.365. The van der Waals surface area contributed by atoms with Gasteiger partial charge < -0.3 is 15.0 Å². The minimum atomic E-state index is -0.531. The van der Waals surface area contributed by atoms with Gasteiger partial charge in [0.05, 0.1) is 0 Å². The summed E-state index contributed by atoms with van der Waals surface area (Å²) >= 11 is 0. The minimum Gasteiger partial charge on any atom is -0.483 e. The van der Waals surface area contributed by atoms with E-state index in [2.05, 4.69) is 5.32 Å². The molecule has 0 aromatic heterocycles. The van der Waals surface area contributed by atoms with E-state index in [1.54, 1.807) is 4.90 Å². The van der Waals surface area contributed by atoms with Crippen molar-refractivity contribution in [2.45, 2.75) is 53.1 Å². The molecule has 1 N–H and O–H groups in total. The van der Waals surface area contributed by atoms with Crippen LogP contribution in [-0.2, 0) is 16.1 Å². The lowest BCUT2D eigenvalue weighted by atomic mass is 10.1. The fraction of sp³-hybridized carbons (Fsp3) is 0.417. The van der Waals surface area contributed by atoms with Gasteiger partial charge in [0.2, 0.25) is 5.91 Å². The lowest BCUT2D eigenvalue weighted by Gasteiger charge is -2.30. The second kappa shape index (κ2) is 11.2. The number of nitrogens with one attached hydrogen (secondary N) is 1. The van der Waals surface area contributed by atoms with Gasteiger partial charge in [0, 0.05) is 13.1 Å². The molecule has 2 aromatic carbocycles. The average Bonchev–Trinajstić information content (AvgIpc) is 2.72. The molecule has 5 heteroatoms. The molecule has 1 atom stereocenters. The van der Waals surface area contributed by atoms with Crippen LogP contribution in [0.3, 0.4) is 0 Å². The van der Waals surface area contributed by atoms with E-state index in [0.717, 1.165) is 23.1 Å². The van der Waals surface area contributed by atoms with Crippen LogP contribution < -0.4 is 10.1 Å². The molecule has 0 fully saturated rings. The lowest BCUT2D eigenvalue weighted by molar-refractivity contribution is -0.143. The quantitative estimate of drug-likeness (QED) is 0.660. The van der Waals surface area contributed by atoms with E-state index in [-0.39, 0.29) is 18.4 Å². The maximum Gasteiger partial charge on any atom is 0.261 e. The highest BCUT2D eigenvalue weighted by molar-refractivity contribution is 5.88. The number of benzene rings is 2. The van der Waals surface area contributed by atoms with Gasteiger partial charge in [0.1, 0.15) is 11.8 Å². The normalized spacial score (nSPS) is 11.6. The maximum atomic E-state index is 13.1. The summed E-state index contributed by atoms with van der Waals surface area (Å²) in [7, 11) is 0. The van der Waals surface area contributed by atoms with Gasteiger partial charge in [-0.1, -0.05) is 61.9 Å². The van der Waals surface area contributed by atoms with Gasteiger partial charge in [0.25, 0.3) is 5.91 Å². The molecule has 0 aliphatic rings. The van der Waals surface area contributed by atoms with Crippen molar-refractivity contribution in [1.82, 2.24) is 10.2 Å². The van der Waals surface area contributed by atoms with Crippen molar-refractivity contribution in [2.24, 2.45) is 0 Å². The molecule has 0 saturated heterocycles. The van der Waals surface area contributed by atoms with Crippen molar-refractivity contribution in [2.75, 3.05) is 13.2 Å². The zero-order valence-electron chi connectivity index (χ0n) is 17.9. The summed E-state index contributed by atoms with van der Waals surface area (Å²) in [6.07, 6.45) is 1.39. The Labute approximate surface area is 174 Å². The predicted molar refractivity (Wildman–Crippen MR) is 116 cm³/mol. The first-order chi connectivity index (χ1) is 14.0. The molecular weight excluding hydrogens is 364 g/mol. The molecule has 0 radical (unpaired) electrons. The Bertz CT molecular complexity index is 805. The van der Waals surface area contributed by atoms with Crippen LogP contribution in [-0.4, -0.2) is 35.9 Å². The van der Waals surface area contributed by atoms with Crippen LogP contribution in [0.4, 0.5) is 0 Å². The fourth-order valence-electron chi connectivity index (χ4n) is 3.25. The highest BCUT2D eigenvalue weighted by Crippen LogP contribution is 2.19. The highest BCUT2D eigenvalue weighted by atomic mass is 16.5. The molecule has 0 spiro atoms. The minimum absolute atomic E-state index is 0.103. The van der Waals surface area contributed by atoms with E-state index in [1.807, 2.05) is 76.2 Å². The van der Waals surface area contributed by atoms with Gasteiger partial charge in [-0.3, -0.25) is 9.59 Å². The molecule has 2 amide bonds. The summed E-state index contributed by atoms with van der Waals surface area (Å²) in [4.78, 5) is 27.4. The molecule has 0 heterocycles. The first-order valence-electron chi connectivity index (χ1n) is 10.3. The Morgan fingerprint density at radius 2 is 1.79 bits per heavy atom. The van der Waals surface area contributed by atoms with Crippen molar-refractivity contribution in [1.29, 1.82) is 0 Å². The first-order valence-corrected chi connectivity index (χ1v) is 10.3. The number of amides is 2. The molecule has 5 nitrogen and oxygen atoms in total. The van der Waals surface area contributed by atoms with Gasteiger partial charge >= 0.3 is 0 Å². The number of ether oxygens (including phenoxy) is 1.